The van der Waals surface area contributed by atoms with Gasteiger partial charge in [-0.2, -0.15) is 0 Å². The van der Waals surface area contributed by atoms with Gasteiger partial charge in [0, 0.05) is 30.0 Å². The normalized spacial score (nSPS) is 20.3. The van der Waals surface area contributed by atoms with Gasteiger partial charge in [0.05, 0.1) is 0 Å². The minimum absolute atomic E-state index is 0.590. The maximum atomic E-state index is 3.57. The summed E-state index contributed by atoms with van der Waals surface area (Å²) >= 11 is 3.57. The molecule has 132 valence electrons. The summed E-state index contributed by atoms with van der Waals surface area (Å²) < 4.78 is 1.15. The molecule has 0 N–H and O–H groups in total. The van der Waals surface area contributed by atoms with E-state index in [-0.39, 0.29) is 0 Å². The fourth-order valence-corrected chi connectivity index (χ4v) is 4.41. The molecular weight excluding hydrogens is 382 g/mol. The van der Waals surface area contributed by atoms with E-state index in [1.807, 2.05) is 0 Å². The van der Waals surface area contributed by atoms with E-state index in [0.717, 1.165) is 30.5 Å². The standard InChI is InChI=1S/C24H24BrN/c25-23-13-11-21(12-14-23)24-18-26(16-20-9-5-2-6-10-20)17-22(24)15-19-7-3-1-4-8-19/h1-14,22,24H,15-18H2/t22-,24+/m1/s1. The van der Waals surface area contributed by atoms with E-state index in [2.05, 4.69) is 106 Å². The average Bonchev–Trinajstić information content (AvgIpc) is 3.06. The van der Waals surface area contributed by atoms with Crippen molar-refractivity contribution < 1.29 is 0 Å². The minimum atomic E-state index is 0.590. The van der Waals surface area contributed by atoms with Crippen molar-refractivity contribution in [3.63, 3.8) is 0 Å². The van der Waals surface area contributed by atoms with E-state index in [1.54, 1.807) is 0 Å². The van der Waals surface area contributed by atoms with Crippen molar-refractivity contribution in [1.29, 1.82) is 0 Å². The van der Waals surface area contributed by atoms with Gasteiger partial charge in [0.25, 0.3) is 0 Å². The zero-order valence-corrected chi connectivity index (χ0v) is 16.5. The second-order valence-electron chi connectivity index (χ2n) is 7.29. The molecule has 26 heavy (non-hydrogen) atoms. The monoisotopic (exact) mass is 405 g/mol. The van der Waals surface area contributed by atoms with Crippen LogP contribution in [-0.4, -0.2) is 18.0 Å². The second kappa shape index (κ2) is 8.20. The summed E-state index contributed by atoms with van der Waals surface area (Å²) in [7, 11) is 0. The first-order chi connectivity index (χ1) is 12.8. The highest BCUT2D eigenvalue weighted by Gasteiger charge is 2.33. The molecule has 0 amide bonds. The summed E-state index contributed by atoms with van der Waals surface area (Å²) in [6.07, 6.45) is 1.15. The lowest BCUT2D eigenvalue weighted by molar-refractivity contribution is 0.315. The lowest BCUT2D eigenvalue weighted by Gasteiger charge is -2.19. The Bertz CT molecular complexity index is 814. The Kier molecular flexibility index (Phi) is 5.52. The predicted octanol–water partition coefficient (Wildman–Crippen LogP) is 5.91. The van der Waals surface area contributed by atoms with E-state index < -0.39 is 0 Å². The van der Waals surface area contributed by atoms with Crippen molar-refractivity contribution in [3.8, 4) is 0 Å². The first-order valence-electron chi connectivity index (χ1n) is 9.33. The van der Waals surface area contributed by atoms with Crippen LogP contribution >= 0.6 is 15.9 Å². The number of nitrogens with zero attached hydrogens (tertiary/aromatic N) is 1. The zero-order valence-electron chi connectivity index (χ0n) is 14.9. The Balaban J connectivity index is 1.54. The summed E-state index contributed by atoms with van der Waals surface area (Å²) in [4.78, 5) is 2.62. The minimum Gasteiger partial charge on any atom is -0.298 e. The predicted molar refractivity (Wildman–Crippen MR) is 112 cm³/mol. The van der Waals surface area contributed by atoms with Gasteiger partial charge in [0.2, 0.25) is 0 Å². The van der Waals surface area contributed by atoms with Crippen LogP contribution in [0.25, 0.3) is 0 Å². The number of likely N-dealkylation sites (tertiary alicyclic amines) is 1. The third-order valence-electron chi connectivity index (χ3n) is 5.40. The van der Waals surface area contributed by atoms with Crippen LogP contribution in [0.3, 0.4) is 0 Å². The van der Waals surface area contributed by atoms with Gasteiger partial charge in [0.1, 0.15) is 0 Å². The SMILES string of the molecule is Brc1ccc([C@@H]2CN(Cc3ccccc3)C[C@H]2Cc2ccccc2)cc1. The molecule has 1 aliphatic rings. The molecule has 3 aromatic rings. The molecule has 0 aliphatic carbocycles. The van der Waals surface area contributed by atoms with Crippen LogP contribution in [0.4, 0.5) is 0 Å². The Labute approximate surface area is 164 Å². The van der Waals surface area contributed by atoms with Crippen molar-refractivity contribution in [1.82, 2.24) is 4.90 Å². The molecule has 0 bridgehead atoms. The Morgan fingerprint density at radius 1 is 0.731 bits per heavy atom. The maximum absolute atomic E-state index is 3.57. The zero-order chi connectivity index (χ0) is 17.8. The lowest BCUT2D eigenvalue weighted by Crippen LogP contribution is -2.20. The van der Waals surface area contributed by atoms with E-state index in [9.17, 15) is 0 Å². The van der Waals surface area contributed by atoms with Crippen LogP contribution < -0.4 is 0 Å². The maximum Gasteiger partial charge on any atom is 0.0234 e. The summed E-state index contributed by atoms with van der Waals surface area (Å²) in [5.41, 5.74) is 4.31. The van der Waals surface area contributed by atoms with Gasteiger partial charge < -0.3 is 0 Å². The molecule has 1 aliphatic heterocycles. The molecule has 0 spiro atoms. The van der Waals surface area contributed by atoms with Gasteiger partial charge in [-0.1, -0.05) is 88.7 Å². The Morgan fingerprint density at radius 2 is 1.35 bits per heavy atom. The highest BCUT2D eigenvalue weighted by atomic mass is 79.9. The molecule has 1 heterocycles. The summed E-state index contributed by atoms with van der Waals surface area (Å²) in [6, 6.07) is 30.7. The van der Waals surface area contributed by atoms with E-state index in [0.29, 0.717) is 11.8 Å². The van der Waals surface area contributed by atoms with Crippen molar-refractivity contribution in [2.45, 2.75) is 18.9 Å². The van der Waals surface area contributed by atoms with Crippen LogP contribution in [0.15, 0.2) is 89.4 Å². The first-order valence-corrected chi connectivity index (χ1v) is 10.1. The van der Waals surface area contributed by atoms with E-state index in [4.69, 9.17) is 0 Å². The van der Waals surface area contributed by atoms with Crippen LogP contribution in [0.1, 0.15) is 22.6 Å². The van der Waals surface area contributed by atoms with Gasteiger partial charge in [-0.05, 0) is 41.2 Å². The highest BCUT2D eigenvalue weighted by Crippen LogP contribution is 2.36. The fraction of sp³-hybridized carbons (Fsp3) is 0.250. The number of hydrogen-bond acceptors (Lipinski definition) is 1. The molecule has 4 rings (SSSR count). The average molecular weight is 406 g/mol. The lowest BCUT2D eigenvalue weighted by atomic mass is 9.85. The fourth-order valence-electron chi connectivity index (χ4n) is 4.14. The molecule has 1 nitrogen and oxygen atoms in total. The molecule has 0 unspecified atom stereocenters. The number of rotatable bonds is 5. The van der Waals surface area contributed by atoms with Crippen molar-refractivity contribution in [3.05, 3.63) is 106 Å². The van der Waals surface area contributed by atoms with Gasteiger partial charge >= 0.3 is 0 Å². The Hall–Kier alpha value is -1.90. The van der Waals surface area contributed by atoms with Crippen LogP contribution in [0, 0.1) is 5.92 Å². The first kappa shape index (κ1) is 17.5. The summed E-state index contributed by atoms with van der Waals surface area (Å²) in [5.74, 6) is 1.24. The molecule has 0 aromatic heterocycles. The smallest absolute Gasteiger partial charge is 0.0234 e. The molecule has 1 fully saturated rings. The van der Waals surface area contributed by atoms with Gasteiger partial charge in [-0.15, -0.1) is 0 Å². The van der Waals surface area contributed by atoms with Gasteiger partial charge in [-0.25, -0.2) is 0 Å². The molecule has 0 saturated carbocycles. The largest absolute Gasteiger partial charge is 0.298 e. The number of benzene rings is 3. The number of hydrogen-bond donors (Lipinski definition) is 0. The molecule has 2 atom stereocenters. The second-order valence-corrected chi connectivity index (χ2v) is 8.20. The summed E-state index contributed by atoms with van der Waals surface area (Å²) in [6.45, 7) is 3.33. The van der Waals surface area contributed by atoms with Crippen LogP contribution in [-0.2, 0) is 13.0 Å². The van der Waals surface area contributed by atoms with Crippen LogP contribution in [0.5, 0.6) is 0 Å². The molecule has 0 radical (unpaired) electrons. The van der Waals surface area contributed by atoms with E-state index >= 15 is 0 Å². The third-order valence-corrected chi connectivity index (χ3v) is 5.93. The van der Waals surface area contributed by atoms with Crippen molar-refractivity contribution >= 4 is 15.9 Å². The van der Waals surface area contributed by atoms with Gasteiger partial charge in [0.15, 0.2) is 0 Å². The van der Waals surface area contributed by atoms with Crippen molar-refractivity contribution in [2.75, 3.05) is 13.1 Å². The van der Waals surface area contributed by atoms with Crippen molar-refractivity contribution in [2.24, 2.45) is 5.92 Å². The molecular formula is C24H24BrN. The van der Waals surface area contributed by atoms with E-state index in [1.165, 1.54) is 16.7 Å². The quantitative estimate of drug-likeness (QED) is 0.509. The highest BCUT2D eigenvalue weighted by molar-refractivity contribution is 9.10. The molecule has 2 heteroatoms. The number of halogens is 1. The topological polar surface area (TPSA) is 3.24 Å². The summed E-state index contributed by atoms with van der Waals surface area (Å²) in [5, 5.41) is 0. The third kappa shape index (κ3) is 4.25. The molecule has 1 saturated heterocycles. The Morgan fingerprint density at radius 3 is 2.00 bits per heavy atom. The molecule has 3 aromatic carbocycles. The van der Waals surface area contributed by atoms with Gasteiger partial charge in [-0.3, -0.25) is 4.90 Å². The van der Waals surface area contributed by atoms with Crippen LogP contribution in [0.2, 0.25) is 0 Å².